The van der Waals surface area contributed by atoms with E-state index in [0.717, 1.165) is 37.7 Å². The molecule has 1 fully saturated rings. The highest BCUT2D eigenvalue weighted by atomic mass is 35.5. The fourth-order valence-electron chi connectivity index (χ4n) is 3.01. The third kappa shape index (κ3) is 4.32. The molecule has 4 rings (SSSR count). The Balaban J connectivity index is 1.53. The molecular formula is C20H19ClFN5O. The molecule has 0 atom stereocenters. The minimum absolute atomic E-state index is 0.0526. The van der Waals surface area contributed by atoms with Crippen molar-refractivity contribution in [1.29, 1.82) is 0 Å². The Morgan fingerprint density at radius 2 is 1.71 bits per heavy atom. The zero-order valence-electron chi connectivity index (χ0n) is 15.0. The third-order valence-corrected chi connectivity index (χ3v) is 4.67. The fraction of sp³-hybridized carbons (Fsp3) is 0.200. The van der Waals surface area contributed by atoms with Crippen LogP contribution in [0.15, 0.2) is 54.9 Å². The van der Waals surface area contributed by atoms with Crippen molar-refractivity contribution in [1.82, 2.24) is 9.97 Å². The summed E-state index contributed by atoms with van der Waals surface area (Å²) in [6, 6.07) is 14.3. The summed E-state index contributed by atoms with van der Waals surface area (Å²) in [7, 11) is 0. The van der Waals surface area contributed by atoms with Crippen molar-refractivity contribution in [3.63, 3.8) is 0 Å². The first-order valence-electron chi connectivity index (χ1n) is 8.92. The number of hydrogen-bond acceptors (Lipinski definition) is 6. The maximum absolute atomic E-state index is 13.3. The molecular weight excluding hydrogens is 381 g/mol. The van der Waals surface area contributed by atoms with E-state index in [9.17, 15) is 4.39 Å². The van der Waals surface area contributed by atoms with Gasteiger partial charge >= 0.3 is 0 Å². The van der Waals surface area contributed by atoms with Gasteiger partial charge in [0.1, 0.15) is 23.8 Å². The van der Waals surface area contributed by atoms with Crippen molar-refractivity contribution >= 4 is 40.3 Å². The molecule has 0 unspecified atom stereocenters. The Kier molecular flexibility index (Phi) is 5.55. The molecule has 2 N–H and O–H groups in total. The number of benzene rings is 2. The SMILES string of the molecule is Fc1ccc(Nc2cc(Nc3ccccc3N3CCOCC3)ncn2)cc1Cl. The molecule has 0 bridgehead atoms. The lowest BCUT2D eigenvalue weighted by molar-refractivity contribution is 0.123. The van der Waals surface area contributed by atoms with E-state index >= 15 is 0 Å². The van der Waals surface area contributed by atoms with E-state index in [2.05, 4.69) is 31.6 Å². The third-order valence-electron chi connectivity index (χ3n) is 4.38. The van der Waals surface area contributed by atoms with Crippen LogP contribution in [0.4, 0.5) is 33.1 Å². The summed E-state index contributed by atoms with van der Waals surface area (Å²) < 4.78 is 18.8. The molecule has 3 aromatic rings. The van der Waals surface area contributed by atoms with Gasteiger partial charge in [-0.2, -0.15) is 0 Å². The van der Waals surface area contributed by atoms with Gasteiger partial charge in [0, 0.05) is 24.8 Å². The zero-order chi connectivity index (χ0) is 19.3. The monoisotopic (exact) mass is 399 g/mol. The summed E-state index contributed by atoms with van der Waals surface area (Å²) in [5.41, 5.74) is 2.70. The predicted molar refractivity (Wildman–Crippen MR) is 109 cm³/mol. The van der Waals surface area contributed by atoms with Crippen LogP contribution in [-0.2, 0) is 4.74 Å². The maximum Gasteiger partial charge on any atom is 0.141 e. The normalized spacial score (nSPS) is 14.0. The lowest BCUT2D eigenvalue weighted by Gasteiger charge is -2.30. The lowest BCUT2D eigenvalue weighted by atomic mass is 10.2. The van der Waals surface area contributed by atoms with Gasteiger partial charge in [0.25, 0.3) is 0 Å². The molecule has 0 amide bonds. The summed E-state index contributed by atoms with van der Waals surface area (Å²) in [5, 5.41) is 6.52. The second kappa shape index (κ2) is 8.41. The van der Waals surface area contributed by atoms with Crippen LogP contribution in [0.3, 0.4) is 0 Å². The maximum atomic E-state index is 13.3. The van der Waals surface area contributed by atoms with Gasteiger partial charge in [-0.1, -0.05) is 23.7 Å². The van der Waals surface area contributed by atoms with Gasteiger partial charge < -0.3 is 20.3 Å². The molecule has 1 aliphatic heterocycles. The van der Waals surface area contributed by atoms with E-state index < -0.39 is 5.82 Å². The van der Waals surface area contributed by atoms with Crippen LogP contribution < -0.4 is 15.5 Å². The van der Waals surface area contributed by atoms with Gasteiger partial charge in [0.05, 0.1) is 29.6 Å². The van der Waals surface area contributed by atoms with Crippen LogP contribution in [0.5, 0.6) is 0 Å². The first kappa shape index (κ1) is 18.5. The van der Waals surface area contributed by atoms with E-state index in [1.807, 2.05) is 18.2 Å². The quantitative estimate of drug-likeness (QED) is 0.654. The van der Waals surface area contributed by atoms with Crippen LogP contribution in [0.2, 0.25) is 5.02 Å². The standard InChI is InChI=1S/C20H19ClFN5O/c21-15-11-14(5-6-16(15)22)25-19-12-20(24-13-23-19)26-17-3-1-2-4-18(17)27-7-9-28-10-8-27/h1-6,11-13H,7-10H2,(H2,23,24,25,26). The molecule has 1 aliphatic rings. The first-order chi connectivity index (χ1) is 13.7. The minimum atomic E-state index is -0.461. The highest BCUT2D eigenvalue weighted by molar-refractivity contribution is 6.31. The van der Waals surface area contributed by atoms with Crippen molar-refractivity contribution in [2.45, 2.75) is 0 Å². The van der Waals surface area contributed by atoms with Gasteiger partial charge in [-0.05, 0) is 30.3 Å². The number of hydrogen-bond donors (Lipinski definition) is 2. The molecule has 6 nitrogen and oxygen atoms in total. The number of nitrogens with one attached hydrogen (secondary N) is 2. The molecule has 2 aromatic carbocycles. The van der Waals surface area contributed by atoms with Gasteiger partial charge in [0.2, 0.25) is 0 Å². The Hall–Kier alpha value is -2.90. The second-order valence-corrected chi connectivity index (χ2v) is 6.69. The largest absolute Gasteiger partial charge is 0.378 e. The number of rotatable bonds is 5. The molecule has 1 saturated heterocycles. The van der Waals surface area contributed by atoms with Gasteiger partial charge in [-0.15, -0.1) is 0 Å². The van der Waals surface area contributed by atoms with E-state index in [1.54, 1.807) is 12.1 Å². The smallest absolute Gasteiger partial charge is 0.141 e. The number of ether oxygens (including phenoxy) is 1. The molecule has 8 heteroatoms. The topological polar surface area (TPSA) is 62.3 Å². The van der Waals surface area contributed by atoms with Gasteiger partial charge in [-0.25, -0.2) is 14.4 Å². The van der Waals surface area contributed by atoms with E-state index in [0.29, 0.717) is 17.3 Å². The van der Waals surface area contributed by atoms with Gasteiger partial charge in [0.15, 0.2) is 0 Å². The summed E-state index contributed by atoms with van der Waals surface area (Å²) >= 11 is 5.84. The molecule has 0 spiro atoms. The zero-order valence-corrected chi connectivity index (χ0v) is 15.8. The van der Waals surface area contributed by atoms with Crippen molar-refractivity contribution in [2.75, 3.05) is 41.8 Å². The molecule has 144 valence electrons. The van der Waals surface area contributed by atoms with E-state index in [-0.39, 0.29) is 5.02 Å². The van der Waals surface area contributed by atoms with E-state index in [4.69, 9.17) is 16.3 Å². The van der Waals surface area contributed by atoms with Crippen molar-refractivity contribution in [2.24, 2.45) is 0 Å². The average molecular weight is 400 g/mol. The van der Waals surface area contributed by atoms with Crippen LogP contribution >= 0.6 is 11.6 Å². The Labute approximate surface area is 167 Å². The molecule has 0 aliphatic carbocycles. The van der Waals surface area contributed by atoms with Crippen LogP contribution in [0.1, 0.15) is 0 Å². The number of anilines is 5. The van der Waals surface area contributed by atoms with Crippen LogP contribution in [0, 0.1) is 5.82 Å². The van der Waals surface area contributed by atoms with E-state index in [1.165, 1.54) is 18.5 Å². The van der Waals surface area contributed by atoms with Crippen molar-refractivity contribution in [3.8, 4) is 0 Å². The average Bonchev–Trinajstić information content (AvgIpc) is 2.72. The summed E-state index contributed by atoms with van der Waals surface area (Å²) in [4.78, 5) is 10.8. The lowest BCUT2D eigenvalue weighted by Crippen LogP contribution is -2.36. The van der Waals surface area contributed by atoms with Crippen molar-refractivity contribution < 1.29 is 9.13 Å². The van der Waals surface area contributed by atoms with Crippen molar-refractivity contribution in [3.05, 3.63) is 65.7 Å². The summed E-state index contributed by atoms with van der Waals surface area (Å²) in [6.07, 6.45) is 1.47. The number of para-hydroxylation sites is 2. The Morgan fingerprint density at radius 3 is 2.50 bits per heavy atom. The predicted octanol–water partition coefficient (Wildman–Crippen LogP) is 4.59. The number of morpholine rings is 1. The Bertz CT molecular complexity index is 965. The van der Waals surface area contributed by atoms with Gasteiger partial charge in [-0.3, -0.25) is 0 Å². The molecule has 1 aromatic heterocycles. The fourth-order valence-corrected chi connectivity index (χ4v) is 3.19. The highest BCUT2D eigenvalue weighted by Crippen LogP contribution is 2.29. The highest BCUT2D eigenvalue weighted by Gasteiger charge is 2.15. The number of halogens is 2. The molecule has 28 heavy (non-hydrogen) atoms. The van der Waals surface area contributed by atoms with Crippen LogP contribution in [-0.4, -0.2) is 36.3 Å². The molecule has 0 saturated carbocycles. The molecule has 0 radical (unpaired) electrons. The number of nitrogens with zero attached hydrogens (tertiary/aromatic N) is 3. The summed E-state index contributed by atoms with van der Waals surface area (Å²) in [5.74, 6) is 0.757. The second-order valence-electron chi connectivity index (χ2n) is 6.28. The number of aromatic nitrogens is 2. The first-order valence-corrected chi connectivity index (χ1v) is 9.30. The minimum Gasteiger partial charge on any atom is -0.378 e. The molecule has 2 heterocycles. The summed E-state index contributed by atoms with van der Waals surface area (Å²) in [6.45, 7) is 3.13. The Morgan fingerprint density at radius 1 is 0.964 bits per heavy atom. The van der Waals surface area contributed by atoms with Crippen LogP contribution in [0.25, 0.3) is 0 Å².